The van der Waals surface area contributed by atoms with Gasteiger partial charge in [-0.15, -0.1) is 0 Å². The summed E-state index contributed by atoms with van der Waals surface area (Å²) in [6.07, 6.45) is 0.480. The molecule has 0 bridgehead atoms. The van der Waals surface area contributed by atoms with Crippen LogP contribution in [-0.4, -0.2) is 78.8 Å². The van der Waals surface area contributed by atoms with Crippen molar-refractivity contribution in [3.63, 3.8) is 0 Å². The summed E-state index contributed by atoms with van der Waals surface area (Å²) in [4.78, 5) is 1.90. The van der Waals surface area contributed by atoms with Crippen LogP contribution in [-0.2, 0) is 0 Å². The molecule has 1 unspecified atom stereocenters. The van der Waals surface area contributed by atoms with E-state index < -0.39 is 12.0 Å². The molecule has 5 nitrogen and oxygen atoms in total. The molecule has 0 spiro atoms. The van der Waals surface area contributed by atoms with Gasteiger partial charge in [-0.05, 0) is 41.0 Å². The number of nitrogens with one attached hydrogen (secondary N) is 3. The van der Waals surface area contributed by atoms with Crippen molar-refractivity contribution in [1.29, 1.82) is 0 Å². The minimum atomic E-state index is -2.70. The number of alkyl halides is 2. The molecule has 0 aromatic rings. The molecule has 2 rings (SSSR count). The second-order valence-electron chi connectivity index (χ2n) is 8.94. The molecular weight excluding hydrogens is 312 g/mol. The van der Waals surface area contributed by atoms with Gasteiger partial charge in [-0.1, -0.05) is 0 Å². The molecule has 0 radical (unpaired) electrons. The fraction of sp³-hybridized carbons (Fsp3) is 1.00. The second-order valence-corrected chi connectivity index (χ2v) is 8.94. The van der Waals surface area contributed by atoms with Crippen molar-refractivity contribution in [2.24, 2.45) is 0 Å². The summed E-state index contributed by atoms with van der Waals surface area (Å²) in [7, 11) is 0. The van der Waals surface area contributed by atoms with Gasteiger partial charge in [0.05, 0.1) is 12.6 Å². The van der Waals surface area contributed by atoms with Crippen LogP contribution in [0.2, 0.25) is 0 Å². The van der Waals surface area contributed by atoms with E-state index in [9.17, 15) is 8.78 Å². The van der Waals surface area contributed by atoms with E-state index in [1.807, 2.05) is 25.7 Å². The first-order valence-electron chi connectivity index (χ1n) is 9.08. The highest BCUT2D eigenvalue weighted by atomic mass is 19.3. The Morgan fingerprint density at radius 2 is 1.71 bits per heavy atom. The zero-order chi connectivity index (χ0) is 18.0. The monoisotopic (exact) mass is 347 g/mol. The molecule has 0 saturated carbocycles. The lowest BCUT2D eigenvalue weighted by Crippen LogP contribution is -2.64. The van der Waals surface area contributed by atoms with Gasteiger partial charge in [0.15, 0.2) is 0 Å². The fourth-order valence-corrected chi connectivity index (χ4v) is 3.64. The summed E-state index contributed by atoms with van der Waals surface area (Å²) in [6.45, 7) is 15.0. The summed E-state index contributed by atoms with van der Waals surface area (Å²) in [5.41, 5.74) is 2.99. The standard InChI is InChI=1S/C17H35F2N5/c1-15(2,3)21-14-6-9-23(13-17(14,18)19)12-16(4,5)22-24-10-7-20-8-11-24/h14,20-22H,6-13H2,1-5H3. The SMILES string of the molecule is CC(C)(C)NC1CCN(CC(C)(C)NN2CCNCC2)CC1(F)F. The predicted octanol–water partition coefficient (Wildman–Crippen LogP) is 1.27. The Bertz CT molecular complexity index is 402. The molecule has 0 aliphatic carbocycles. The Labute approximate surface area is 145 Å². The summed E-state index contributed by atoms with van der Waals surface area (Å²) in [6, 6.07) is -0.738. The maximum Gasteiger partial charge on any atom is 0.275 e. The topological polar surface area (TPSA) is 42.6 Å². The van der Waals surface area contributed by atoms with Gasteiger partial charge in [-0.2, -0.15) is 0 Å². The van der Waals surface area contributed by atoms with Crippen LogP contribution >= 0.6 is 0 Å². The van der Waals surface area contributed by atoms with E-state index in [0.717, 1.165) is 26.2 Å². The number of likely N-dealkylation sites (tertiary alicyclic amines) is 1. The third kappa shape index (κ3) is 6.19. The highest BCUT2D eigenvalue weighted by Gasteiger charge is 2.46. The van der Waals surface area contributed by atoms with Gasteiger partial charge in [0.1, 0.15) is 0 Å². The molecule has 1 atom stereocenters. The molecule has 2 aliphatic rings. The first kappa shape index (κ1) is 20.0. The molecular formula is C17H35F2N5. The molecule has 0 amide bonds. The molecule has 0 aromatic heterocycles. The van der Waals surface area contributed by atoms with Crippen LogP contribution in [0.25, 0.3) is 0 Å². The van der Waals surface area contributed by atoms with E-state index in [4.69, 9.17) is 0 Å². The van der Waals surface area contributed by atoms with Gasteiger partial charge < -0.3 is 10.6 Å². The first-order valence-corrected chi connectivity index (χ1v) is 9.08. The maximum atomic E-state index is 14.5. The summed E-state index contributed by atoms with van der Waals surface area (Å²) in [5, 5.41) is 8.60. The highest BCUT2D eigenvalue weighted by Crippen LogP contribution is 2.29. The number of halogens is 2. The Hall–Kier alpha value is -0.340. The first-order chi connectivity index (χ1) is 11.0. The van der Waals surface area contributed by atoms with Crippen molar-refractivity contribution in [2.75, 3.05) is 45.8 Å². The van der Waals surface area contributed by atoms with Crippen molar-refractivity contribution < 1.29 is 8.78 Å². The molecule has 3 N–H and O–H groups in total. The molecule has 2 fully saturated rings. The van der Waals surface area contributed by atoms with Gasteiger partial charge in [-0.3, -0.25) is 4.90 Å². The maximum absolute atomic E-state index is 14.5. The zero-order valence-corrected chi connectivity index (χ0v) is 15.9. The number of piperidine rings is 1. The van der Waals surface area contributed by atoms with E-state index in [1.54, 1.807) is 0 Å². The van der Waals surface area contributed by atoms with Gasteiger partial charge in [0.2, 0.25) is 0 Å². The van der Waals surface area contributed by atoms with Crippen molar-refractivity contribution in [1.82, 2.24) is 26.0 Å². The van der Waals surface area contributed by atoms with Crippen molar-refractivity contribution in [3.8, 4) is 0 Å². The van der Waals surface area contributed by atoms with Crippen LogP contribution in [0.5, 0.6) is 0 Å². The molecule has 2 aliphatic heterocycles. The number of hydrogen-bond acceptors (Lipinski definition) is 5. The largest absolute Gasteiger partial charge is 0.314 e. The Morgan fingerprint density at radius 1 is 1.08 bits per heavy atom. The normalized spacial score (nSPS) is 27.4. The third-order valence-electron chi connectivity index (χ3n) is 4.48. The quantitative estimate of drug-likeness (QED) is 0.699. The van der Waals surface area contributed by atoms with Crippen LogP contribution < -0.4 is 16.1 Å². The van der Waals surface area contributed by atoms with E-state index >= 15 is 0 Å². The fourth-order valence-electron chi connectivity index (χ4n) is 3.64. The zero-order valence-electron chi connectivity index (χ0n) is 15.9. The average Bonchev–Trinajstić information content (AvgIpc) is 2.40. The molecule has 0 aromatic carbocycles. The number of nitrogens with zero attached hydrogens (tertiary/aromatic N) is 2. The molecule has 2 heterocycles. The third-order valence-corrected chi connectivity index (χ3v) is 4.48. The molecule has 2 saturated heterocycles. The van der Waals surface area contributed by atoms with Gasteiger partial charge >= 0.3 is 0 Å². The lowest BCUT2D eigenvalue weighted by molar-refractivity contribution is -0.101. The van der Waals surface area contributed by atoms with Crippen LogP contribution in [0.1, 0.15) is 41.0 Å². The Morgan fingerprint density at radius 3 is 2.25 bits per heavy atom. The van der Waals surface area contributed by atoms with Crippen LogP contribution in [0.3, 0.4) is 0 Å². The number of rotatable bonds is 5. The van der Waals surface area contributed by atoms with Crippen LogP contribution in [0.4, 0.5) is 8.78 Å². The van der Waals surface area contributed by atoms with Crippen LogP contribution in [0.15, 0.2) is 0 Å². The van der Waals surface area contributed by atoms with Crippen molar-refractivity contribution >= 4 is 0 Å². The van der Waals surface area contributed by atoms with Gasteiger partial charge in [0, 0.05) is 50.3 Å². The van der Waals surface area contributed by atoms with Crippen molar-refractivity contribution in [2.45, 2.75) is 64.1 Å². The average molecular weight is 347 g/mol. The van der Waals surface area contributed by atoms with Crippen LogP contribution in [0, 0.1) is 0 Å². The second kappa shape index (κ2) is 7.50. The Kier molecular flexibility index (Phi) is 6.24. The predicted molar refractivity (Wildman–Crippen MR) is 94.3 cm³/mol. The smallest absolute Gasteiger partial charge is 0.275 e. The number of piperazine rings is 1. The summed E-state index contributed by atoms with van der Waals surface area (Å²) >= 11 is 0. The van der Waals surface area contributed by atoms with Crippen molar-refractivity contribution in [3.05, 3.63) is 0 Å². The van der Waals surface area contributed by atoms with Gasteiger partial charge in [0.25, 0.3) is 5.92 Å². The number of hydrogen-bond donors (Lipinski definition) is 3. The lowest BCUT2D eigenvalue weighted by Gasteiger charge is -2.45. The molecule has 24 heavy (non-hydrogen) atoms. The van der Waals surface area contributed by atoms with E-state index in [-0.39, 0.29) is 17.6 Å². The Balaban J connectivity index is 1.87. The molecule has 7 heteroatoms. The highest BCUT2D eigenvalue weighted by molar-refractivity contribution is 4.96. The van der Waals surface area contributed by atoms with E-state index in [2.05, 4.69) is 34.9 Å². The number of hydrazine groups is 1. The lowest BCUT2D eigenvalue weighted by atomic mass is 9.95. The van der Waals surface area contributed by atoms with E-state index in [0.29, 0.717) is 19.5 Å². The van der Waals surface area contributed by atoms with Gasteiger partial charge in [-0.25, -0.2) is 19.2 Å². The van der Waals surface area contributed by atoms with E-state index in [1.165, 1.54) is 0 Å². The summed E-state index contributed by atoms with van der Waals surface area (Å²) in [5.74, 6) is -2.70. The minimum absolute atomic E-state index is 0.173. The summed E-state index contributed by atoms with van der Waals surface area (Å²) < 4.78 is 29.1. The molecule has 142 valence electrons. The minimum Gasteiger partial charge on any atom is -0.314 e.